The molecule has 0 saturated carbocycles. The molecule has 0 atom stereocenters. The standard InChI is InChI=1S/C18H16O2/c1-12-3-6-14(7-4-12)10-16(19)18-11-15-9-13(2)5-8-17(15)20-18/h3-9,11H,10H2,1-2H3. The second kappa shape index (κ2) is 4.97. The van der Waals surface area contributed by atoms with Crippen LogP contribution in [0.15, 0.2) is 52.9 Å². The van der Waals surface area contributed by atoms with E-state index in [0.29, 0.717) is 12.2 Å². The van der Waals surface area contributed by atoms with Gasteiger partial charge in [0.15, 0.2) is 5.76 Å². The third-order valence-corrected chi connectivity index (χ3v) is 3.43. The van der Waals surface area contributed by atoms with Gasteiger partial charge in [-0.25, -0.2) is 0 Å². The molecule has 1 heterocycles. The van der Waals surface area contributed by atoms with E-state index in [9.17, 15) is 4.79 Å². The Balaban J connectivity index is 1.86. The maximum absolute atomic E-state index is 12.3. The Labute approximate surface area is 118 Å². The summed E-state index contributed by atoms with van der Waals surface area (Å²) in [6, 6.07) is 15.8. The van der Waals surface area contributed by atoms with Gasteiger partial charge in [0.25, 0.3) is 0 Å². The van der Waals surface area contributed by atoms with E-state index in [1.807, 2.05) is 62.4 Å². The highest BCUT2D eigenvalue weighted by atomic mass is 16.3. The summed E-state index contributed by atoms with van der Waals surface area (Å²) in [5.41, 5.74) is 4.14. The lowest BCUT2D eigenvalue weighted by atomic mass is 10.1. The molecule has 0 fully saturated rings. The molecule has 0 aliphatic heterocycles. The number of rotatable bonds is 3. The Morgan fingerprint density at radius 2 is 1.65 bits per heavy atom. The molecule has 2 aromatic carbocycles. The predicted molar refractivity (Wildman–Crippen MR) is 80.2 cm³/mol. The first kappa shape index (κ1) is 12.7. The highest BCUT2D eigenvalue weighted by molar-refractivity contribution is 5.98. The third-order valence-electron chi connectivity index (χ3n) is 3.43. The maximum Gasteiger partial charge on any atom is 0.202 e. The summed E-state index contributed by atoms with van der Waals surface area (Å²) < 4.78 is 5.63. The van der Waals surface area contributed by atoms with Crippen molar-refractivity contribution in [3.63, 3.8) is 0 Å². The van der Waals surface area contributed by atoms with Gasteiger partial charge in [-0.05, 0) is 37.6 Å². The molecule has 3 rings (SSSR count). The molecule has 3 aromatic rings. The molecule has 0 spiro atoms. The minimum Gasteiger partial charge on any atom is -0.453 e. The van der Waals surface area contributed by atoms with Gasteiger partial charge in [0, 0.05) is 11.8 Å². The smallest absolute Gasteiger partial charge is 0.202 e. The highest BCUT2D eigenvalue weighted by Crippen LogP contribution is 2.21. The number of fused-ring (bicyclic) bond motifs is 1. The fraction of sp³-hybridized carbons (Fsp3) is 0.167. The van der Waals surface area contributed by atoms with Gasteiger partial charge in [-0.15, -0.1) is 0 Å². The molecule has 2 nitrogen and oxygen atoms in total. The molecule has 2 heteroatoms. The van der Waals surface area contributed by atoms with Crippen molar-refractivity contribution >= 4 is 16.8 Å². The molecule has 0 aliphatic carbocycles. The Kier molecular flexibility index (Phi) is 3.15. The first-order valence-corrected chi connectivity index (χ1v) is 6.71. The van der Waals surface area contributed by atoms with Crippen LogP contribution in [0.5, 0.6) is 0 Å². The molecule has 0 N–H and O–H groups in total. The zero-order valence-corrected chi connectivity index (χ0v) is 11.6. The van der Waals surface area contributed by atoms with Crippen molar-refractivity contribution in [3.8, 4) is 0 Å². The quantitative estimate of drug-likeness (QED) is 0.653. The SMILES string of the molecule is Cc1ccc(CC(=O)c2cc3cc(C)ccc3o2)cc1. The van der Waals surface area contributed by atoms with E-state index in [0.717, 1.165) is 22.1 Å². The maximum atomic E-state index is 12.3. The number of furan rings is 1. The van der Waals surface area contributed by atoms with Crippen LogP contribution in [0.2, 0.25) is 0 Å². The summed E-state index contributed by atoms with van der Waals surface area (Å²) in [4.78, 5) is 12.3. The van der Waals surface area contributed by atoms with Gasteiger partial charge < -0.3 is 4.42 Å². The average Bonchev–Trinajstić information content (AvgIpc) is 2.84. The molecule has 20 heavy (non-hydrogen) atoms. The van der Waals surface area contributed by atoms with Gasteiger partial charge in [-0.2, -0.15) is 0 Å². The number of carbonyl (C=O) groups excluding carboxylic acids is 1. The second-order valence-corrected chi connectivity index (χ2v) is 5.24. The Bertz CT molecular complexity index is 764. The van der Waals surface area contributed by atoms with Gasteiger partial charge in [-0.3, -0.25) is 4.79 Å². The fourth-order valence-corrected chi connectivity index (χ4v) is 2.28. The molecular weight excluding hydrogens is 248 g/mol. The van der Waals surface area contributed by atoms with E-state index < -0.39 is 0 Å². The minimum atomic E-state index is 0.0164. The molecule has 0 unspecified atom stereocenters. The molecule has 0 amide bonds. The number of benzene rings is 2. The van der Waals surface area contributed by atoms with Crippen molar-refractivity contribution in [1.29, 1.82) is 0 Å². The number of carbonyl (C=O) groups is 1. The van der Waals surface area contributed by atoms with Crippen LogP contribution in [-0.4, -0.2) is 5.78 Å². The van der Waals surface area contributed by atoms with Crippen LogP contribution < -0.4 is 0 Å². The third kappa shape index (κ3) is 2.50. The summed E-state index contributed by atoms with van der Waals surface area (Å²) in [5.74, 6) is 0.453. The topological polar surface area (TPSA) is 30.2 Å². The lowest BCUT2D eigenvalue weighted by Crippen LogP contribution is -2.01. The first-order chi connectivity index (χ1) is 9.61. The van der Waals surface area contributed by atoms with E-state index in [2.05, 4.69) is 0 Å². The van der Waals surface area contributed by atoms with Crippen LogP contribution in [0, 0.1) is 13.8 Å². The van der Waals surface area contributed by atoms with Gasteiger partial charge >= 0.3 is 0 Å². The van der Waals surface area contributed by atoms with E-state index in [-0.39, 0.29) is 5.78 Å². The molecular formula is C18H16O2. The normalized spacial score (nSPS) is 10.9. The van der Waals surface area contributed by atoms with Crippen molar-refractivity contribution in [2.24, 2.45) is 0 Å². The predicted octanol–water partition coefficient (Wildman–Crippen LogP) is 4.48. The average molecular weight is 264 g/mol. The van der Waals surface area contributed by atoms with Crippen LogP contribution in [0.3, 0.4) is 0 Å². The van der Waals surface area contributed by atoms with Crippen molar-refractivity contribution in [2.75, 3.05) is 0 Å². The van der Waals surface area contributed by atoms with E-state index in [4.69, 9.17) is 4.42 Å². The van der Waals surface area contributed by atoms with E-state index >= 15 is 0 Å². The van der Waals surface area contributed by atoms with Crippen molar-refractivity contribution in [3.05, 3.63) is 71.0 Å². The zero-order chi connectivity index (χ0) is 14.1. The molecule has 0 radical (unpaired) electrons. The Hall–Kier alpha value is -2.35. The lowest BCUT2D eigenvalue weighted by Gasteiger charge is -1.99. The summed E-state index contributed by atoms with van der Waals surface area (Å²) in [6.45, 7) is 4.06. The van der Waals surface area contributed by atoms with Crippen molar-refractivity contribution in [1.82, 2.24) is 0 Å². The van der Waals surface area contributed by atoms with Crippen LogP contribution in [0.4, 0.5) is 0 Å². The van der Waals surface area contributed by atoms with Crippen LogP contribution >= 0.6 is 0 Å². The number of aryl methyl sites for hydroxylation is 2. The number of hydrogen-bond donors (Lipinski definition) is 0. The van der Waals surface area contributed by atoms with Gasteiger partial charge in [0.2, 0.25) is 5.78 Å². The van der Waals surface area contributed by atoms with Gasteiger partial charge in [-0.1, -0.05) is 41.5 Å². The van der Waals surface area contributed by atoms with Gasteiger partial charge in [0.1, 0.15) is 5.58 Å². The largest absolute Gasteiger partial charge is 0.453 e. The van der Waals surface area contributed by atoms with Crippen molar-refractivity contribution < 1.29 is 9.21 Å². The van der Waals surface area contributed by atoms with E-state index in [1.165, 1.54) is 5.56 Å². The summed E-state index contributed by atoms with van der Waals surface area (Å²) in [7, 11) is 0. The second-order valence-electron chi connectivity index (χ2n) is 5.24. The summed E-state index contributed by atoms with van der Waals surface area (Å²) in [5, 5.41) is 0.984. The Morgan fingerprint density at radius 3 is 2.40 bits per heavy atom. The Morgan fingerprint density at radius 1 is 0.950 bits per heavy atom. The lowest BCUT2D eigenvalue weighted by molar-refractivity contribution is 0.0968. The minimum absolute atomic E-state index is 0.0164. The highest BCUT2D eigenvalue weighted by Gasteiger charge is 2.13. The van der Waals surface area contributed by atoms with Crippen LogP contribution in [0.1, 0.15) is 27.2 Å². The zero-order valence-electron chi connectivity index (χ0n) is 11.6. The molecule has 0 aliphatic rings. The molecule has 0 saturated heterocycles. The van der Waals surface area contributed by atoms with E-state index in [1.54, 1.807) is 0 Å². The molecule has 1 aromatic heterocycles. The fourth-order valence-electron chi connectivity index (χ4n) is 2.28. The first-order valence-electron chi connectivity index (χ1n) is 6.71. The molecule has 0 bridgehead atoms. The number of Topliss-reactive ketones (excluding diaryl/α,β-unsaturated/α-hetero) is 1. The van der Waals surface area contributed by atoms with Crippen molar-refractivity contribution in [2.45, 2.75) is 20.3 Å². The van der Waals surface area contributed by atoms with Crippen LogP contribution in [-0.2, 0) is 6.42 Å². The van der Waals surface area contributed by atoms with Crippen LogP contribution in [0.25, 0.3) is 11.0 Å². The number of ketones is 1. The summed E-state index contributed by atoms with van der Waals surface area (Å²) >= 11 is 0. The monoisotopic (exact) mass is 264 g/mol. The molecule has 100 valence electrons. The number of hydrogen-bond acceptors (Lipinski definition) is 2. The summed E-state index contributed by atoms with van der Waals surface area (Å²) in [6.07, 6.45) is 0.374. The van der Waals surface area contributed by atoms with Gasteiger partial charge in [0.05, 0.1) is 0 Å².